The van der Waals surface area contributed by atoms with E-state index < -0.39 is 5.54 Å². The lowest BCUT2D eigenvalue weighted by molar-refractivity contribution is 0.552. The van der Waals surface area contributed by atoms with Gasteiger partial charge in [-0.1, -0.05) is 56.2 Å². The van der Waals surface area contributed by atoms with Crippen LogP contribution in [-0.2, 0) is 12.0 Å². The molecule has 4 N–H and O–H groups in total. The van der Waals surface area contributed by atoms with Gasteiger partial charge in [0.15, 0.2) is 0 Å². The Bertz CT molecular complexity index is 488. The molecule has 0 aliphatic heterocycles. The van der Waals surface area contributed by atoms with Crippen LogP contribution in [0.2, 0.25) is 0 Å². The average Bonchev–Trinajstić information content (AvgIpc) is 2.43. The lowest BCUT2D eigenvalue weighted by Crippen LogP contribution is -2.36. The molecule has 1 aromatic rings. The van der Waals surface area contributed by atoms with Gasteiger partial charge in [0.25, 0.3) is 0 Å². The molecule has 0 bridgehead atoms. The van der Waals surface area contributed by atoms with E-state index in [4.69, 9.17) is 11.5 Å². The minimum absolute atomic E-state index is 0.397. The second kappa shape index (κ2) is 6.07. The highest BCUT2D eigenvalue weighted by Gasteiger charge is 2.27. The first-order chi connectivity index (χ1) is 9.15. The van der Waals surface area contributed by atoms with Gasteiger partial charge in [0.1, 0.15) is 0 Å². The largest absolute Gasteiger partial charge is 0.399 e. The van der Waals surface area contributed by atoms with Gasteiger partial charge < -0.3 is 11.5 Å². The lowest BCUT2D eigenvalue weighted by atomic mass is 9.81. The Balaban J connectivity index is 2.22. The predicted octanol–water partition coefficient (Wildman–Crippen LogP) is 3.38. The van der Waals surface area contributed by atoms with Gasteiger partial charge in [-0.3, -0.25) is 0 Å². The van der Waals surface area contributed by atoms with Crippen LogP contribution in [0, 0.1) is 0 Å². The van der Waals surface area contributed by atoms with E-state index in [1.165, 1.54) is 30.4 Å². The number of nitrogens with two attached hydrogens (primary N) is 2. The SMILES string of the molecule is CCCCCc1ccccc1C1(N)C=CC(N)=CC1. The van der Waals surface area contributed by atoms with Gasteiger partial charge in [0.05, 0.1) is 5.54 Å². The van der Waals surface area contributed by atoms with Crippen LogP contribution in [0.3, 0.4) is 0 Å². The highest BCUT2D eigenvalue weighted by atomic mass is 14.7. The lowest BCUT2D eigenvalue weighted by Gasteiger charge is -2.30. The van der Waals surface area contributed by atoms with Gasteiger partial charge >= 0.3 is 0 Å². The molecule has 0 saturated carbocycles. The van der Waals surface area contributed by atoms with Crippen molar-refractivity contribution in [3.63, 3.8) is 0 Å². The highest BCUT2D eigenvalue weighted by molar-refractivity contribution is 5.41. The molecule has 102 valence electrons. The number of hydrogen-bond donors (Lipinski definition) is 2. The Morgan fingerprint density at radius 1 is 1.21 bits per heavy atom. The van der Waals surface area contributed by atoms with Crippen molar-refractivity contribution in [1.82, 2.24) is 0 Å². The minimum Gasteiger partial charge on any atom is -0.399 e. The zero-order valence-corrected chi connectivity index (χ0v) is 11.7. The van der Waals surface area contributed by atoms with Crippen LogP contribution in [0.1, 0.15) is 43.7 Å². The molecule has 1 aromatic carbocycles. The first-order valence-corrected chi connectivity index (χ1v) is 7.18. The van der Waals surface area contributed by atoms with E-state index >= 15 is 0 Å². The number of aryl methyl sites for hydroxylation is 1. The molecule has 2 rings (SSSR count). The van der Waals surface area contributed by atoms with Crippen LogP contribution in [0.5, 0.6) is 0 Å². The fourth-order valence-electron chi connectivity index (χ4n) is 2.63. The van der Waals surface area contributed by atoms with Crippen molar-refractivity contribution in [2.75, 3.05) is 0 Å². The van der Waals surface area contributed by atoms with E-state index in [1.54, 1.807) is 0 Å². The summed E-state index contributed by atoms with van der Waals surface area (Å²) >= 11 is 0. The van der Waals surface area contributed by atoms with Gasteiger partial charge in [-0.25, -0.2) is 0 Å². The van der Waals surface area contributed by atoms with Crippen LogP contribution in [0.4, 0.5) is 0 Å². The number of unbranched alkanes of at least 4 members (excludes halogenated alkanes) is 2. The number of allylic oxidation sites excluding steroid dienone is 1. The third-order valence-electron chi connectivity index (χ3n) is 3.82. The summed E-state index contributed by atoms with van der Waals surface area (Å²) in [7, 11) is 0. The molecule has 1 aliphatic rings. The van der Waals surface area contributed by atoms with Gasteiger partial charge in [0, 0.05) is 5.70 Å². The van der Waals surface area contributed by atoms with Crippen molar-refractivity contribution in [2.24, 2.45) is 11.5 Å². The third-order valence-corrected chi connectivity index (χ3v) is 3.82. The summed E-state index contributed by atoms with van der Waals surface area (Å²) in [6, 6.07) is 8.53. The molecule has 0 fully saturated rings. The molecule has 1 atom stereocenters. The minimum atomic E-state index is -0.397. The Kier molecular flexibility index (Phi) is 4.43. The van der Waals surface area contributed by atoms with E-state index in [9.17, 15) is 0 Å². The first-order valence-electron chi connectivity index (χ1n) is 7.18. The van der Waals surface area contributed by atoms with Crippen LogP contribution < -0.4 is 11.5 Å². The third kappa shape index (κ3) is 3.27. The second-order valence-electron chi connectivity index (χ2n) is 5.40. The van der Waals surface area contributed by atoms with Crippen molar-refractivity contribution < 1.29 is 0 Å². The van der Waals surface area contributed by atoms with Crippen molar-refractivity contribution in [3.8, 4) is 0 Å². The van der Waals surface area contributed by atoms with E-state index in [1.807, 2.05) is 18.2 Å². The molecule has 0 saturated heterocycles. The zero-order valence-electron chi connectivity index (χ0n) is 11.7. The first kappa shape index (κ1) is 13.9. The molecular weight excluding hydrogens is 232 g/mol. The number of rotatable bonds is 5. The van der Waals surface area contributed by atoms with Gasteiger partial charge in [0.2, 0.25) is 0 Å². The Labute approximate surface area is 116 Å². The maximum absolute atomic E-state index is 6.56. The molecule has 0 aromatic heterocycles. The molecule has 0 amide bonds. The van der Waals surface area contributed by atoms with E-state index in [0.29, 0.717) is 0 Å². The Morgan fingerprint density at radius 2 is 2.00 bits per heavy atom. The zero-order chi connectivity index (χ0) is 13.7. The van der Waals surface area contributed by atoms with Crippen LogP contribution in [0.25, 0.3) is 0 Å². The molecule has 0 spiro atoms. The molecule has 1 aliphatic carbocycles. The van der Waals surface area contributed by atoms with Gasteiger partial charge in [-0.15, -0.1) is 0 Å². The summed E-state index contributed by atoms with van der Waals surface area (Å²) in [5.41, 5.74) is 15.4. The molecule has 2 nitrogen and oxygen atoms in total. The fraction of sp³-hybridized carbons (Fsp3) is 0.412. The van der Waals surface area contributed by atoms with E-state index in [0.717, 1.165) is 18.5 Å². The molecule has 19 heavy (non-hydrogen) atoms. The van der Waals surface area contributed by atoms with Crippen LogP contribution in [-0.4, -0.2) is 0 Å². The topological polar surface area (TPSA) is 52.0 Å². The number of hydrogen-bond acceptors (Lipinski definition) is 2. The fourth-order valence-corrected chi connectivity index (χ4v) is 2.63. The summed E-state index contributed by atoms with van der Waals surface area (Å²) in [6.45, 7) is 2.23. The summed E-state index contributed by atoms with van der Waals surface area (Å²) < 4.78 is 0. The summed E-state index contributed by atoms with van der Waals surface area (Å²) in [5.74, 6) is 0. The smallest absolute Gasteiger partial charge is 0.0637 e. The Morgan fingerprint density at radius 3 is 2.68 bits per heavy atom. The van der Waals surface area contributed by atoms with Crippen LogP contribution >= 0.6 is 0 Å². The van der Waals surface area contributed by atoms with Crippen molar-refractivity contribution in [2.45, 2.75) is 44.6 Å². The molecular formula is C17H24N2. The summed E-state index contributed by atoms with van der Waals surface area (Å²) in [6.07, 6.45) is 11.6. The van der Waals surface area contributed by atoms with E-state index in [-0.39, 0.29) is 0 Å². The molecule has 0 radical (unpaired) electrons. The highest BCUT2D eigenvalue weighted by Crippen LogP contribution is 2.31. The van der Waals surface area contributed by atoms with Crippen LogP contribution in [0.15, 0.2) is 48.2 Å². The maximum Gasteiger partial charge on any atom is 0.0637 e. The summed E-state index contributed by atoms with van der Waals surface area (Å²) in [4.78, 5) is 0. The summed E-state index contributed by atoms with van der Waals surface area (Å²) in [5, 5.41) is 0. The molecule has 1 unspecified atom stereocenters. The van der Waals surface area contributed by atoms with Crippen molar-refractivity contribution in [1.29, 1.82) is 0 Å². The standard InChI is InChI=1S/C17H24N2/c1-2-3-4-7-14-8-5-6-9-16(14)17(19)12-10-15(18)11-13-17/h5-6,8-12H,2-4,7,13,18-19H2,1H3. The quantitative estimate of drug-likeness (QED) is 0.794. The Hall–Kier alpha value is -1.54. The number of benzene rings is 1. The molecule has 0 heterocycles. The van der Waals surface area contributed by atoms with Gasteiger partial charge in [-0.2, -0.15) is 0 Å². The van der Waals surface area contributed by atoms with Crippen molar-refractivity contribution >= 4 is 0 Å². The predicted molar refractivity (Wildman–Crippen MR) is 81.6 cm³/mol. The second-order valence-corrected chi connectivity index (χ2v) is 5.40. The van der Waals surface area contributed by atoms with Crippen molar-refractivity contribution in [3.05, 3.63) is 59.3 Å². The van der Waals surface area contributed by atoms with Gasteiger partial charge in [-0.05, 0) is 36.5 Å². The normalized spacial score (nSPS) is 22.3. The molecule has 2 heteroatoms. The average molecular weight is 256 g/mol. The van der Waals surface area contributed by atoms with E-state index in [2.05, 4.69) is 31.2 Å². The monoisotopic (exact) mass is 256 g/mol. The maximum atomic E-state index is 6.56.